The van der Waals surface area contributed by atoms with E-state index < -0.39 is 0 Å². The van der Waals surface area contributed by atoms with E-state index in [4.69, 9.17) is 11.6 Å². The fraction of sp³-hybridized carbons (Fsp3) is 0.182. The van der Waals surface area contributed by atoms with Crippen molar-refractivity contribution >= 4 is 38.4 Å². The van der Waals surface area contributed by atoms with Crippen LogP contribution in [0.5, 0.6) is 0 Å². The number of pyridine rings is 1. The predicted molar refractivity (Wildman–Crippen MR) is 63.9 cm³/mol. The van der Waals surface area contributed by atoms with E-state index in [1.54, 1.807) is 0 Å². The Hall–Kier alpha value is -0.600. The van der Waals surface area contributed by atoms with Crippen molar-refractivity contribution in [3.63, 3.8) is 0 Å². The molecule has 0 aliphatic heterocycles. The maximum Gasteiger partial charge on any atom is 0.132 e. The first kappa shape index (κ1) is 9.94. The van der Waals surface area contributed by atoms with Crippen LogP contribution in [0.4, 0.5) is 0 Å². The summed E-state index contributed by atoms with van der Waals surface area (Å²) in [7, 11) is 0. The van der Waals surface area contributed by atoms with Crippen LogP contribution in [0, 0.1) is 13.8 Å². The lowest BCUT2D eigenvalue weighted by Crippen LogP contribution is -1.88. The largest absolute Gasteiger partial charge is 0.236 e. The average molecular weight is 271 g/mol. The molecule has 0 amide bonds. The SMILES string of the molecule is Cc1cc2c(Br)ccc(C)c2nc1Cl. The smallest absolute Gasteiger partial charge is 0.132 e. The van der Waals surface area contributed by atoms with Gasteiger partial charge < -0.3 is 0 Å². The van der Waals surface area contributed by atoms with Crippen LogP contribution in [-0.2, 0) is 0 Å². The summed E-state index contributed by atoms with van der Waals surface area (Å²) in [5.41, 5.74) is 3.12. The molecule has 0 N–H and O–H groups in total. The van der Waals surface area contributed by atoms with Gasteiger partial charge in [0.25, 0.3) is 0 Å². The standard InChI is InChI=1S/C11H9BrClN/c1-6-3-4-9(12)8-5-7(2)11(13)14-10(6)8/h3-5H,1-2H3. The zero-order chi connectivity index (χ0) is 10.3. The van der Waals surface area contributed by atoms with Gasteiger partial charge in [-0.3, -0.25) is 0 Å². The molecule has 2 aromatic rings. The normalized spacial score (nSPS) is 10.9. The van der Waals surface area contributed by atoms with Crippen molar-refractivity contribution in [3.8, 4) is 0 Å². The van der Waals surface area contributed by atoms with Crippen molar-refractivity contribution < 1.29 is 0 Å². The average Bonchev–Trinajstić information content (AvgIpc) is 2.15. The molecule has 1 aromatic heterocycles. The van der Waals surface area contributed by atoms with Gasteiger partial charge in [-0.2, -0.15) is 0 Å². The molecule has 1 heterocycles. The van der Waals surface area contributed by atoms with Gasteiger partial charge in [-0.05, 0) is 37.1 Å². The molecule has 1 nitrogen and oxygen atoms in total. The third-order valence-electron chi connectivity index (χ3n) is 2.26. The summed E-state index contributed by atoms with van der Waals surface area (Å²) in [6, 6.07) is 6.12. The summed E-state index contributed by atoms with van der Waals surface area (Å²) >= 11 is 9.49. The first-order valence-corrected chi connectivity index (χ1v) is 5.48. The van der Waals surface area contributed by atoms with Gasteiger partial charge in [0.2, 0.25) is 0 Å². The molecule has 3 heteroatoms. The second-order valence-corrected chi connectivity index (χ2v) is 4.57. The maximum absolute atomic E-state index is 5.99. The highest BCUT2D eigenvalue weighted by Gasteiger charge is 2.06. The molecular weight excluding hydrogens is 261 g/mol. The molecule has 0 bridgehead atoms. The van der Waals surface area contributed by atoms with Crippen LogP contribution in [0.25, 0.3) is 10.9 Å². The predicted octanol–water partition coefficient (Wildman–Crippen LogP) is 4.27. The van der Waals surface area contributed by atoms with Crippen molar-refractivity contribution in [2.45, 2.75) is 13.8 Å². The van der Waals surface area contributed by atoms with Gasteiger partial charge in [-0.1, -0.05) is 33.6 Å². The van der Waals surface area contributed by atoms with Crippen molar-refractivity contribution in [2.75, 3.05) is 0 Å². The number of hydrogen-bond donors (Lipinski definition) is 0. The van der Waals surface area contributed by atoms with Gasteiger partial charge >= 0.3 is 0 Å². The number of aromatic nitrogens is 1. The molecule has 72 valence electrons. The minimum atomic E-state index is 0.582. The monoisotopic (exact) mass is 269 g/mol. The quantitative estimate of drug-likeness (QED) is 0.652. The Bertz CT molecular complexity index is 462. The van der Waals surface area contributed by atoms with Gasteiger partial charge in [0, 0.05) is 9.86 Å². The van der Waals surface area contributed by atoms with E-state index >= 15 is 0 Å². The molecule has 0 fully saturated rings. The molecule has 0 aliphatic rings. The Morgan fingerprint density at radius 3 is 2.64 bits per heavy atom. The number of aryl methyl sites for hydroxylation is 2. The van der Waals surface area contributed by atoms with E-state index in [1.807, 2.05) is 26.0 Å². The molecule has 0 saturated carbocycles. The third-order valence-corrected chi connectivity index (χ3v) is 3.34. The maximum atomic E-state index is 5.99. The van der Waals surface area contributed by atoms with Gasteiger partial charge in [0.05, 0.1) is 5.52 Å². The Balaban J connectivity index is 2.94. The van der Waals surface area contributed by atoms with E-state index in [2.05, 4.69) is 27.0 Å². The van der Waals surface area contributed by atoms with Crippen LogP contribution in [0.2, 0.25) is 5.15 Å². The van der Waals surface area contributed by atoms with Crippen molar-refractivity contribution in [2.24, 2.45) is 0 Å². The number of fused-ring (bicyclic) bond motifs is 1. The molecule has 0 radical (unpaired) electrons. The highest BCUT2D eigenvalue weighted by molar-refractivity contribution is 9.10. The molecule has 2 rings (SSSR count). The van der Waals surface area contributed by atoms with Gasteiger partial charge in [0.1, 0.15) is 5.15 Å². The lowest BCUT2D eigenvalue weighted by atomic mass is 10.1. The van der Waals surface area contributed by atoms with Crippen molar-refractivity contribution in [1.29, 1.82) is 0 Å². The summed E-state index contributed by atoms with van der Waals surface area (Å²) in [6.45, 7) is 4.00. The lowest BCUT2D eigenvalue weighted by Gasteiger charge is -2.05. The second kappa shape index (κ2) is 3.52. The lowest BCUT2D eigenvalue weighted by molar-refractivity contribution is 1.31. The second-order valence-electron chi connectivity index (χ2n) is 3.36. The molecule has 1 aromatic carbocycles. The van der Waals surface area contributed by atoms with Crippen LogP contribution in [0.15, 0.2) is 22.7 Å². The van der Waals surface area contributed by atoms with E-state index in [0.29, 0.717) is 5.15 Å². The number of benzene rings is 1. The van der Waals surface area contributed by atoms with Gasteiger partial charge in [-0.15, -0.1) is 0 Å². The topological polar surface area (TPSA) is 12.9 Å². The van der Waals surface area contributed by atoms with E-state index in [1.165, 1.54) is 0 Å². The Labute approximate surface area is 96.2 Å². The van der Waals surface area contributed by atoms with Crippen LogP contribution >= 0.6 is 27.5 Å². The fourth-order valence-corrected chi connectivity index (χ4v) is 2.01. The number of rotatable bonds is 0. The summed E-state index contributed by atoms with van der Waals surface area (Å²) < 4.78 is 1.06. The van der Waals surface area contributed by atoms with Crippen LogP contribution < -0.4 is 0 Å². The van der Waals surface area contributed by atoms with Crippen LogP contribution in [-0.4, -0.2) is 4.98 Å². The molecule has 0 atom stereocenters. The Morgan fingerprint density at radius 2 is 1.93 bits per heavy atom. The first-order valence-electron chi connectivity index (χ1n) is 4.31. The molecule has 0 unspecified atom stereocenters. The minimum Gasteiger partial charge on any atom is -0.236 e. The summed E-state index contributed by atoms with van der Waals surface area (Å²) in [6.07, 6.45) is 0. The summed E-state index contributed by atoms with van der Waals surface area (Å²) in [5.74, 6) is 0. The molecular formula is C11H9BrClN. The number of hydrogen-bond acceptors (Lipinski definition) is 1. The van der Waals surface area contributed by atoms with Crippen LogP contribution in [0.3, 0.4) is 0 Å². The minimum absolute atomic E-state index is 0.582. The Morgan fingerprint density at radius 1 is 1.21 bits per heavy atom. The zero-order valence-corrected chi connectivity index (χ0v) is 10.3. The van der Waals surface area contributed by atoms with E-state index in [-0.39, 0.29) is 0 Å². The zero-order valence-electron chi connectivity index (χ0n) is 7.94. The van der Waals surface area contributed by atoms with Gasteiger partial charge in [-0.25, -0.2) is 4.98 Å². The molecule has 14 heavy (non-hydrogen) atoms. The van der Waals surface area contributed by atoms with E-state index in [9.17, 15) is 0 Å². The Kier molecular flexibility index (Phi) is 2.50. The van der Waals surface area contributed by atoms with Crippen molar-refractivity contribution in [1.82, 2.24) is 4.98 Å². The summed E-state index contributed by atoms with van der Waals surface area (Å²) in [5, 5.41) is 1.70. The first-order chi connectivity index (χ1) is 6.59. The molecule has 0 saturated heterocycles. The molecule has 0 spiro atoms. The third kappa shape index (κ3) is 1.53. The van der Waals surface area contributed by atoms with Gasteiger partial charge in [0.15, 0.2) is 0 Å². The summed E-state index contributed by atoms with van der Waals surface area (Å²) in [4.78, 5) is 4.37. The van der Waals surface area contributed by atoms with Crippen molar-refractivity contribution in [3.05, 3.63) is 39.0 Å². The fourth-order valence-electron chi connectivity index (χ4n) is 1.44. The molecule has 0 aliphatic carbocycles. The highest BCUT2D eigenvalue weighted by Crippen LogP contribution is 2.28. The highest BCUT2D eigenvalue weighted by atomic mass is 79.9. The number of nitrogens with zero attached hydrogens (tertiary/aromatic N) is 1. The number of halogens is 2. The van der Waals surface area contributed by atoms with E-state index in [0.717, 1.165) is 26.5 Å². The van der Waals surface area contributed by atoms with Crippen LogP contribution in [0.1, 0.15) is 11.1 Å².